The highest BCUT2D eigenvalue weighted by Crippen LogP contribution is 2.14. The lowest BCUT2D eigenvalue weighted by atomic mass is 10.2. The average Bonchev–Trinajstić information content (AvgIpc) is 2.64. The van der Waals surface area contributed by atoms with Crippen molar-refractivity contribution in [2.75, 3.05) is 12.4 Å². The molecule has 5 heteroatoms. The Balaban J connectivity index is 2.38. The minimum atomic E-state index is 0.256. The summed E-state index contributed by atoms with van der Waals surface area (Å²) < 4.78 is 1.97. The third-order valence-corrected chi connectivity index (χ3v) is 3.45. The number of hydrogen-bond donors (Lipinski definition) is 1. The Morgan fingerprint density at radius 1 is 1.44 bits per heavy atom. The Morgan fingerprint density at radius 3 is 2.81 bits per heavy atom. The SMILES string of the molecule is CC(C)Cn1ncnc1CSCC(C)CO. The first-order valence-electron chi connectivity index (χ1n) is 5.68. The maximum absolute atomic E-state index is 8.92. The largest absolute Gasteiger partial charge is 0.396 e. The van der Waals surface area contributed by atoms with Gasteiger partial charge in [0.05, 0.1) is 5.75 Å². The molecule has 0 saturated heterocycles. The molecule has 0 spiro atoms. The van der Waals surface area contributed by atoms with Gasteiger partial charge in [-0.05, 0) is 17.6 Å². The van der Waals surface area contributed by atoms with E-state index in [0.717, 1.165) is 23.9 Å². The fourth-order valence-corrected chi connectivity index (χ4v) is 2.33. The molecule has 0 fully saturated rings. The van der Waals surface area contributed by atoms with E-state index in [0.29, 0.717) is 11.8 Å². The van der Waals surface area contributed by atoms with Crippen LogP contribution in [0.15, 0.2) is 6.33 Å². The summed E-state index contributed by atoms with van der Waals surface area (Å²) in [6, 6.07) is 0. The highest BCUT2D eigenvalue weighted by Gasteiger charge is 2.07. The average molecular weight is 243 g/mol. The third-order valence-electron chi connectivity index (χ3n) is 2.18. The van der Waals surface area contributed by atoms with Crippen molar-refractivity contribution in [3.05, 3.63) is 12.2 Å². The second-order valence-corrected chi connectivity index (χ2v) is 5.59. The first kappa shape index (κ1) is 13.5. The molecule has 1 rings (SSSR count). The Morgan fingerprint density at radius 2 is 2.19 bits per heavy atom. The topological polar surface area (TPSA) is 50.9 Å². The monoisotopic (exact) mass is 243 g/mol. The van der Waals surface area contributed by atoms with Crippen LogP contribution >= 0.6 is 11.8 Å². The third kappa shape index (κ3) is 4.53. The second-order valence-electron chi connectivity index (χ2n) is 4.56. The van der Waals surface area contributed by atoms with Crippen LogP contribution in [0.4, 0.5) is 0 Å². The van der Waals surface area contributed by atoms with E-state index < -0.39 is 0 Å². The molecule has 0 aliphatic carbocycles. The molecule has 0 saturated carbocycles. The number of nitrogens with zero attached hydrogens (tertiary/aromatic N) is 3. The van der Waals surface area contributed by atoms with E-state index in [9.17, 15) is 0 Å². The Labute approximate surface area is 101 Å². The van der Waals surface area contributed by atoms with Gasteiger partial charge in [-0.1, -0.05) is 20.8 Å². The molecule has 16 heavy (non-hydrogen) atoms. The van der Waals surface area contributed by atoms with Crippen molar-refractivity contribution in [3.63, 3.8) is 0 Å². The Kier molecular flexibility index (Phi) is 5.84. The highest BCUT2D eigenvalue weighted by molar-refractivity contribution is 7.98. The molecule has 1 aromatic heterocycles. The summed E-state index contributed by atoms with van der Waals surface area (Å²) in [4.78, 5) is 4.26. The fourth-order valence-electron chi connectivity index (χ4n) is 1.30. The molecule has 0 bridgehead atoms. The lowest BCUT2D eigenvalue weighted by molar-refractivity contribution is 0.250. The van der Waals surface area contributed by atoms with E-state index in [4.69, 9.17) is 5.11 Å². The van der Waals surface area contributed by atoms with E-state index in [1.54, 1.807) is 18.1 Å². The van der Waals surface area contributed by atoms with Gasteiger partial charge in [0.2, 0.25) is 0 Å². The molecule has 1 heterocycles. The number of thioether (sulfide) groups is 1. The van der Waals surface area contributed by atoms with Gasteiger partial charge >= 0.3 is 0 Å². The highest BCUT2D eigenvalue weighted by atomic mass is 32.2. The summed E-state index contributed by atoms with van der Waals surface area (Å²) in [7, 11) is 0. The van der Waals surface area contributed by atoms with Crippen LogP contribution in [0.25, 0.3) is 0 Å². The molecular formula is C11H21N3OS. The zero-order valence-corrected chi connectivity index (χ0v) is 11.1. The normalized spacial score (nSPS) is 13.3. The summed E-state index contributed by atoms with van der Waals surface area (Å²) in [5.74, 6) is 3.80. The standard InChI is InChI=1S/C11H21N3OS/c1-9(2)4-14-11(12-8-13-14)7-16-6-10(3)5-15/h8-10,15H,4-7H2,1-3H3. The minimum absolute atomic E-state index is 0.256. The first-order chi connectivity index (χ1) is 7.63. The van der Waals surface area contributed by atoms with E-state index in [1.807, 2.05) is 11.6 Å². The van der Waals surface area contributed by atoms with Crippen molar-refractivity contribution in [1.29, 1.82) is 0 Å². The van der Waals surface area contributed by atoms with Crippen LogP contribution in [0.1, 0.15) is 26.6 Å². The molecule has 92 valence electrons. The van der Waals surface area contributed by atoms with Crippen molar-refractivity contribution in [3.8, 4) is 0 Å². The number of aromatic nitrogens is 3. The summed E-state index contributed by atoms with van der Waals surface area (Å²) in [6.07, 6.45) is 1.62. The summed E-state index contributed by atoms with van der Waals surface area (Å²) in [5.41, 5.74) is 0. The van der Waals surface area contributed by atoms with Gasteiger partial charge in [0.15, 0.2) is 0 Å². The molecule has 0 amide bonds. The van der Waals surface area contributed by atoms with Crippen LogP contribution in [0.3, 0.4) is 0 Å². The van der Waals surface area contributed by atoms with Crippen LogP contribution in [0.5, 0.6) is 0 Å². The zero-order chi connectivity index (χ0) is 12.0. The molecule has 1 N–H and O–H groups in total. The van der Waals surface area contributed by atoms with Crippen molar-refractivity contribution >= 4 is 11.8 Å². The van der Waals surface area contributed by atoms with Gasteiger partial charge in [0.1, 0.15) is 12.2 Å². The maximum atomic E-state index is 8.92. The van der Waals surface area contributed by atoms with Crippen LogP contribution in [0.2, 0.25) is 0 Å². The van der Waals surface area contributed by atoms with Gasteiger partial charge in [-0.2, -0.15) is 16.9 Å². The Bertz CT molecular complexity index is 301. The molecule has 1 unspecified atom stereocenters. The van der Waals surface area contributed by atoms with Gasteiger partial charge in [0, 0.05) is 13.2 Å². The van der Waals surface area contributed by atoms with E-state index in [2.05, 4.69) is 23.9 Å². The molecule has 1 aromatic rings. The quantitative estimate of drug-likeness (QED) is 0.793. The van der Waals surface area contributed by atoms with E-state index in [1.165, 1.54) is 0 Å². The molecule has 0 aliphatic heterocycles. The zero-order valence-electron chi connectivity index (χ0n) is 10.3. The minimum Gasteiger partial charge on any atom is -0.396 e. The van der Waals surface area contributed by atoms with Gasteiger partial charge < -0.3 is 5.11 Å². The predicted molar refractivity (Wildman–Crippen MR) is 67.3 cm³/mol. The van der Waals surface area contributed by atoms with Crippen molar-refractivity contribution in [2.45, 2.75) is 33.1 Å². The predicted octanol–water partition coefficient (Wildman–Crippen LogP) is 1.80. The van der Waals surface area contributed by atoms with Gasteiger partial charge in [-0.15, -0.1) is 0 Å². The lowest BCUT2D eigenvalue weighted by Crippen LogP contribution is -2.10. The van der Waals surface area contributed by atoms with Crippen LogP contribution < -0.4 is 0 Å². The Hall–Kier alpha value is -0.550. The first-order valence-corrected chi connectivity index (χ1v) is 6.84. The van der Waals surface area contributed by atoms with Gasteiger partial charge in [-0.3, -0.25) is 0 Å². The molecule has 0 radical (unpaired) electrons. The number of hydrogen-bond acceptors (Lipinski definition) is 4. The molecule has 0 aliphatic rings. The number of rotatable bonds is 7. The van der Waals surface area contributed by atoms with Crippen molar-refractivity contribution < 1.29 is 5.11 Å². The fraction of sp³-hybridized carbons (Fsp3) is 0.818. The van der Waals surface area contributed by atoms with Crippen LogP contribution in [-0.4, -0.2) is 32.2 Å². The van der Waals surface area contributed by atoms with Crippen molar-refractivity contribution in [2.24, 2.45) is 11.8 Å². The summed E-state index contributed by atoms with van der Waals surface area (Å²) >= 11 is 1.80. The second kappa shape index (κ2) is 6.91. The summed E-state index contributed by atoms with van der Waals surface area (Å²) in [5, 5.41) is 13.1. The van der Waals surface area contributed by atoms with Crippen LogP contribution in [-0.2, 0) is 12.3 Å². The van der Waals surface area contributed by atoms with Gasteiger partial charge in [0.25, 0.3) is 0 Å². The van der Waals surface area contributed by atoms with Crippen molar-refractivity contribution in [1.82, 2.24) is 14.8 Å². The van der Waals surface area contributed by atoms with E-state index in [-0.39, 0.29) is 6.61 Å². The summed E-state index contributed by atoms with van der Waals surface area (Å²) in [6.45, 7) is 7.57. The number of aliphatic hydroxyl groups is 1. The maximum Gasteiger partial charge on any atom is 0.138 e. The van der Waals surface area contributed by atoms with Gasteiger partial charge in [-0.25, -0.2) is 9.67 Å². The van der Waals surface area contributed by atoms with E-state index >= 15 is 0 Å². The molecule has 1 atom stereocenters. The molecular weight excluding hydrogens is 222 g/mol. The lowest BCUT2D eigenvalue weighted by Gasteiger charge is -2.09. The molecule has 0 aromatic carbocycles. The number of aliphatic hydroxyl groups excluding tert-OH is 1. The molecule has 4 nitrogen and oxygen atoms in total. The van der Waals surface area contributed by atoms with Crippen LogP contribution in [0, 0.1) is 11.8 Å². The smallest absolute Gasteiger partial charge is 0.138 e.